The summed E-state index contributed by atoms with van der Waals surface area (Å²) in [7, 11) is 0. The Kier molecular flexibility index (Phi) is 7.63. The number of ether oxygens (including phenoxy) is 1. The number of benzene rings is 3. The number of nitrogens with zero attached hydrogens (tertiary/aromatic N) is 4. The summed E-state index contributed by atoms with van der Waals surface area (Å²) in [5.41, 5.74) is 10.4. The van der Waals surface area contributed by atoms with Crippen LogP contribution in [0.2, 0.25) is 0 Å². The Morgan fingerprint density at radius 2 is 1.77 bits per heavy atom. The Hall–Kier alpha value is -5.05. The lowest BCUT2D eigenvalue weighted by molar-refractivity contribution is 0.231. The molecule has 0 saturated carbocycles. The topological polar surface area (TPSA) is 86.3 Å². The Balaban J connectivity index is 1.54. The first-order valence-corrected chi connectivity index (χ1v) is 14.6. The Bertz CT molecular complexity index is 1980. The molecule has 0 amide bonds. The van der Waals surface area contributed by atoms with Gasteiger partial charge in [0.25, 0.3) is 5.56 Å². The summed E-state index contributed by atoms with van der Waals surface area (Å²) in [5, 5.41) is 1.30. The third-order valence-electron chi connectivity index (χ3n) is 8.02. The molecule has 7 nitrogen and oxygen atoms in total. The van der Waals surface area contributed by atoms with Crippen LogP contribution in [0.1, 0.15) is 57.0 Å². The minimum absolute atomic E-state index is 0.171. The van der Waals surface area contributed by atoms with Crippen molar-refractivity contribution in [3.8, 4) is 11.4 Å². The number of rotatable bonds is 7. The molecule has 1 aliphatic rings. The number of hydrogen-bond acceptors (Lipinski definition) is 6. The molecular formula is C35H33F2N5O2. The van der Waals surface area contributed by atoms with Gasteiger partial charge in [0.2, 0.25) is 0 Å². The maximum absolute atomic E-state index is 15.2. The van der Waals surface area contributed by atoms with Crippen LogP contribution in [0, 0.1) is 11.6 Å². The average molecular weight is 594 g/mol. The second-order valence-electron chi connectivity index (χ2n) is 11.2. The molecule has 1 unspecified atom stereocenters. The van der Waals surface area contributed by atoms with Gasteiger partial charge >= 0.3 is 0 Å². The predicted octanol–water partition coefficient (Wildman–Crippen LogP) is 7.22. The van der Waals surface area contributed by atoms with E-state index in [-0.39, 0.29) is 23.2 Å². The van der Waals surface area contributed by atoms with Crippen LogP contribution in [0.5, 0.6) is 5.75 Å². The van der Waals surface area contributed by atoms with Gasteiger partial charge in [0.15, 0.2) is 11.6 Å². The van der Waals surface area contributed by atoms with E-state index in [2.05, 4.69) is 14.9 Å². The van der Waals surface area contributed by atoms with Gasteiger partial charge in [0, 0.05) is 17.6 Å². The molecule has 5 aromatic rings. The van der Waals surface area contributed by atoms with Crippen LogP contribution < -0.4 is 20.9 Å². The second-order valence-corrected chi connectivity index (χ2v) is 11.2. The molecule has 6 rings (SSSR count). The fraction of sp³-hybridized carbons (Fsp3) is 0.229. The van der Waals surface area contributed by atoms with Gasteiger partial charge in [-0.05, 0) is 91.8 Å². The molecule has 2 aromatic heterocycles. The van der Waals surface area contributed by atoms with E-state index in [1.54, 1.807) is 28.8 Å². The van der Waals surface area contributed by atoms with Crippen molar-refractivity contribution in [1.82, 2.24) is 14.5 Å². The molecular weight excluding hydrogens is 560 g/mol. The third kappa shape index (κ3) is 5.08. The lowest BCUT2D eigenvalue weighted by Crippen LogP contribution is -2.37. The summed E-state index contributed by atoms with van der Waals surface area (Å²) >= 11 is 0. The number of hydrogen-bond donors (Lipinski definition) is 1. The van der Waals surface area contributed by atoms with Crippen molar-refractivity contribution in [2.45, 2.75) is 46.3 Å². The van der Waals surface area contributed by atoms with Gasteiger partial charge in [0.1, 0.15) is 23.8 Å². The zero-order valence-electron chi connectivity index (χ0n) is 25.0. The molecule has 44 heavy (non-hydrogen) atoms. The predicted molar refractivity (Wildman–Crippen MR) is 170 cm³/mol. The molecule has 0 saturated heterocycles. The van der Waals surface area contributed by atoms with E-state index in [0.29, 0.717) is 46.7 Å². The summed E-state index contributed by atoms with van der Waals surface area (Å²) in [6.45, 7) is 8.15. The third-order valence-corrected chi connectivity index (χ3v) is 8.02. The van der Waals surface area contributed by atoms with Crippen LogP contribution in [-0.4, -0.2) is 27.2 Å². The Labute approximate surface area is 254 Å². The van der Waals surface area contributed by atoms with E-state index in [0.717, 1.165) is 16.5 Å². The van der Waals surface area contributed by atoms with E-state index in [4.69, 9.17) is 10.5 Å². The number of fused-ring (bicyclic) bond motifs is 2. The van der Waals surface area contributed by atoms with E-state index >= 15 is 4.39 Å². The molecule has 9 heteroatoms. The summed E-state index contributed by atoms with van der Waals surface area (Å²) in [4.78, 5) is 25.0. The molecule has 0 spiro atoms. The number of nitrogen functional groups attached to an aromatic ring is 1. The first kappa shape index (κ1) is 29.0. The summed E-state index contributed by atoms with van der Waals surface area (Å²) in [6, 6.07) is 19.8. The maximum atomic E-state index is 15.2. The molecule has 224 valence electrons. The van der Waals surface area contributed by atoms with Crippen LogP contribution in [0.3, 0.4) is 0 Å². The van der Waals surface area contributed by atoms with Crippen LogP contribution in [0.25, 0.3) is 22.0 Å². The van der Waals surface area contributed by atoms with Crippen molar-refractivity contribution in [1.29, 1.82) is 0 Å². The minimum Gasteiger partial charge on any atom is -0.488 e. The van der Waals surface area contributed by atoms with Crippen molar-refractivity contribution < 1.29 is 13.5 Å². The van der Waals surface area contributed by atoms with E-state index in [1.807, 2.05) is 58.0 Å². The number of anilines is 2. The van der Waals surface area contributed by atoms with Gasteiger partial charge in [-0.15, -0.1) is 0 Å². The largest absolute Gasteiger partial charge is 0.488 e. The summed E-state index contributed by atoms with van der Waals surface area (Å²) in [6.07, 6.45) is 1.88. The zero-order chi connectivity index (χ0) is 31.1. The molecule has 1 aliphatic heterocycles. The smallest absolute Gasteiger partial charge is 0.263 e. The highest BCUT2D eigenvalue weighted by atomic mass is 19.1. The Morgan fingerprint density at radius 3 is 2.50 bits per heavy atom. The van der Waals surface area contributed by atoms with Gasteiger partial charge in [-0.3, -0.25) is 9.36 Å². The highest BCUT2D eigenvalue weighted by molar-refractivity contribution is 5.94. The second kappa shape index (κ2) is 11.6. The lowest BCUT2D eigenvalue weighted by atomic mass is 9.88. The summed E-state index contributed by atoms with van der Waals surface area (Å²) < 4.78 is 36.9. The fourth-order valence-electron chi connectivity index (χ4n) is 5.97. The van der Waals surface area contributed by atoms with Crippen LogP contribution in [0.4, 0.5) is 20.4 Å². The van der Waals surface area contributed by atoms with E-state index in [1.165, 1.54) is 24.5 Å². The fourth-order valence-corrected chi connectivity index (χ4v) is 5.97. The number of pyridine rings is 1. The van der Waals surface area contributed by atoms with Gasteiger partial charge < -0.3 is 15.4 Å². The lowest BCUT2D eigenvalue weighted by Gasteiger charge is -2.38. The number of nitrogens with two attached hydrogens (primary N) is 1. The molecule has 0 bridgehead atoms. The monoisotopic (exact) mass is 593 g/mol. The Morgan fingerprint density at radius 1 is 0.977 bits per heavy atom. The first-order valence-electron chi connectivity index (χ1n) is 14.6. The molecule has 0 aliphatic carbocycles. The highest BCUT2D eigenvalue weighted by Gasteiger charge is 2.33. The van der Waals surface area contributed by atoms with E-state index in [9.17, 15) is 9.18 Å². The van der Waals surface area contributed by atoms with Crippen LogP contribution in [-0.2, 0) is 0 Å². The molecule has 0 fully saturated rings. The minimum atomic E-state index is -0.470. The summed E-state index contributed by atoms with van der Waals surface area (Å²) in [5.74, 6) is 0.0889. The first-order chi connectivity index (χ1) is 21.2. The average Bonchev–Trinajstić information content (AvgIpc) is 3.01. The van der Waals surface area contributed by atoms with Crippen LogP contribution in [0.15, 0.2) is 89.5 Å². The standard InChI is InChI=1S/C35H33F2N5O2/c1-5-22-18-41(34-32(33(38)39-19-40-34)31(22)24-13-14-30(28(37)15-24)44-20(2)3)21(4)29-16-23-9-6-7-12-27(23)35(43)42(29)26-11-8-10-25(36)17-26/h6-17,19-21H,5,18H2,1-4H3,(H2,38,39,40). The van der Waals surface area contributed by atoms with Crippen molar-refractivity contribution in [3.05, 3.63) is 124 Å². The quantitative estimate of drug-likeness (QED) is 0.214. The van der Waals surface area contributed by atoms with E-state index < -0.39 is 17.7 Å². The van der Waals surface area contributed by atoms with Crippen molar-refractivity contribution in [2.75, 3.05) is 17.2 Å². The maximum Gasteiger partial charge on any atom is 0.263 e. The molecule has 1 atom stereocenters. The van der Waals surface area contributed by atoms with Gasteiger partial charge in [-0.25, -0.2) is 18.7 Å². The van der Waals surface area contributed by atoms with Crippen molar-refractivity contribution in [3.63, 3.8) is 0 Å². The van der Waals surface area contributed by atoms with Crippen LogP contribution >= 0.6 is 0 Å². The SMILES string of the molecule is CCC1=C(c2ccc(OC(C)C)c(F)c2)c2c(N)ncnc2N(C(C)c2cc3ccccc3c(=O)n2-c2cccc(F)c2)C1. The molecule has 3 aromatic carbocycles. The normalized spacial score (nSPS) is 13.8. The molecule has 0 radical (unpaired) electrons. The van der Waals surface area contributed by atoms with Crippen molar-refractivity contribution in [2.24, 2.45) is 0 Å². The number of aromatic nitrogens is 3. The van der Waals surface area contributed by atoms with Gasteiger partial charge in [0.05, 0.1) is 23.4 Å². The zero-order valence-corrected chi connectivity index (χ0v) is 25.0. The molecule has 2 N–H and O–H groups in total. The van der Waals surface area contributed by atoms with Gasteiger partial charge in [-0.2, -0.15) is 0 Å². The van der Waals surface area contributed by atoms with Crippen molar-refractivity contribution >= 4 is 28.0 Å². The van der Waals surface area contributed by atoms with Gasteiger partial charge in [-0.1, -0.05) is 37.3 Å². The number of halogens is 2. The molecule has 3 heterocycles. The highest BCUT2D eigenvalue weighted by Crippen LogP contribution is 2.44.